The van der Waals surface area contributed by atoms with Gasteiger partial charge in [-0.05, 0) is 0 Å². The van der Waals surface area contributed by atoms with E-state index in [1.807, 2.05) is 0 Å². The lowest BCUT2D eigenvalue weighted by Gasteiger charge is -2.35. The van der Waals surface area contributed by atoms with Gasteiger partial charge in [0.05, 0.1) is 6.42 Å². The number of hydrogen-bond donors (Lipinski definition) is 2. The molecule has 0 aliphatic carbocycles. The Balaban J connectivity index is 2.19. The van der Waals surface area contributed by atoms with Crippen molar-refractivity contribution < 1.29 is 24.3 Å². The van der Waals surface area contributed by atoms with Crippen LogP contribution >= 0.6 is 0 Å². The standard InChI is InChI=1S/C12H16N4O5/c1-15-9(17)3-2-7(14-15)12(21)16-5-4-13-11(20)8(16)6-10(18)19/h8H,2-6H2,1H3,(H,13,20)(H,18,19). The van der Waals surface area contributed by atoms with Gasteiger partial charge in [-0.25, -0.2) is 5.01 Å². The summed E-state index contributed by atoms with van der Waals surface area (Å²) < 4.78 is 0. The zero-order valence-electron chi connectivity index (χ0n) is 11.5. The lowest BCUT2D eigenvalue weighted by atomic mass is 10.1. The highest BCUT2D eigenvalue weighted by atomic mass is 16.4. The molecule has 1 unspecified atom stereocenters. The van der Waals surface area contributed by atoms with Gasteiger partial charge in [0.1, 0.15) is 11.8 Å². The number of carboxylic acid groups (broad SMARTS) is 1. The van der Waals surface area contributed by atoms with Crippen molar-refractivity contribution in [1.29, 1.82) is 0 Å². The molecule has 0 aromatic rings. The summed E-state index contributed by atoms with van der Waals surface area (Å²) in [5.74, 6) is -2.33. The van der Waals surface area contributed by atoms with E-state index >= 15 is 0 Å². The highest BCUT2D eigenvalue weighted by Crippen LogP contribution is 2.14. The van der Waals surface area contributed by atoms with Crippen molar-refractivity contribution in [3.05, 3.63) is 0 Å². The zero-order valence-corrected chi connectivity index (χ0v) is 11.5. The average Bonchev–Trinajstić information content (AvgIpc) is 2.43. The monoisotopic (exact) mass is 296 g/mol. The number of piperazine rings is 1. The number of carboxylic acids is 1. The molecule has 9 nitrogen and oxygen atoms in total. The average molecular weight is 296 g/mol. The third-order valence-corrected chi connectivity index (χ3v) is 3.41. The molecule has 2 aliphatic heterocycles. The zero-order chi connectivity index (χ0) is 15.6. The fourth-order valence-corrected chi connectivity index (χ4v) is 2.32. The molecule has 2 heterocycles. The van der Waals surface area contributed by atoms with Crippen LogP contribution in [0.4, 0.5) is 0 Å². The first kappa shape index (κ1) is 14.9. The minimum atomic E-state index is -1.16. The summed E-state index contributed by atoms with van der Waals surface area (Å²) >= 11 is 0. The molecule has 3 amide bonds. The number of carbonyl (C=O) groups excluding carboxylic acids is 3. The summed E-state index contributed by atoms with van der Waals surface area (Å²) in [6, 6.07) is -1.05. The predicted molar refractivity (Wildman–Crippen MR) is 70.2 cm³/mol. The lowest BCUT2D eigenvalue weighted by molar-refractivity contribution is -0.146. The van der Waals surface area contributed by atoms with Crippen molar-refractivity contribution in [1.82, 2.24) is 15.2 Å². The molecule has 114 valence electrons. The third kappa shape index (κ3) is 3.18. The summed E-state index contributed by atoms with van der Waals surface area (Å²) in [5.41, 5.74) is 0.169. The van der Waals surface area contributed by atoms with Gasteiger partial charge in [-0.3, -0.25) is 19.2 Å². The first-order valence-electron chi connectivity index (χ1n) is 6.54. The van der Waals surface area contributed by atoms with E-state index in [2.05, 4.69) is 10.4 Å². The van der Waals surface area contributed by atoms with Crippen molar-refractivity contribution in [2.45, 2.75) is 25.3 Å². The van der Waals surface area contributed by atoms with E-state index < -0.39 is 30.2 Å². The molecule has 1 saturated heterocycles. The molecule has 0 aromatic carbocycles. The maximum atomic E-state index is 12.4. The number of nitrogens with one attached hydrogen (secondary N) is 1. The number of rotatable bonds is 3. The van der Waals surface area contributed by atoms with Gasteiger partial charge in [0.2, 0.25) is 11.8 Å². The molecule has 1 atom stereocenters. The van der Waals surface area contributed by atoms with Gasteiger partial charge in [-0.15, -0.1) is 0 Å². The second-order valence-corrected chi connectivity index (χ2v) is 4.87. The second kappa shape index (κ2) is 5.90. The molecule has 21 heavy (non-hydrogen) atoms. The number of amides is 3. The van der Waals surface area contributed by atoms with Crippen LogP contribution in [0.25, 0.3) is 0 Å². The molecular formula is C12H16N4O5. The SMILES string of the molecule is CN1N=C(C(=O)N2CCNC(=O)C2CC(=O)O)CCC1=O. The van der Waals surface area contributed by atoms with Gasteiger partial charge >= 0.3 is 5.97 Å². The van der Waals surface area contributed by atoms with E-state index in [4.69, 9.17) is 5.11 Å². The van der Waals surface area contributed by atoms with E-state index in [1.54, 1.807) is 0 Å². The summed E-state index contributed by atoms with van der Waals surface area (Å²) in [4.78, 5) is 47.6. The van der Waals surface area contributed by atoms with Crippen LogP contribution in [0.1, 0.15) is 19.3 Å². The first-order chi connectivity index (χ1) is 9.90. The van der Waals surface area contributed by atoms with Crippen molar-refractivity contribution in [2.24, 2.45) is 5.10 Å². The van der Waals surface area contributed by atoms with Gasteiger partial charge in [0, 0.05) is 33.0 Å². The summed E-state index contributed by atoms with van der Waals surface area (Å²) in [7, 11) is 1.45. The van der Waals surface area contributed by atoms with Crippen molar-refractivity contribution in [3.8, 4) is 0 Å². The van der Waals surface area contributed by atoms with Crippen LogP contribution in [0.3, 0.4) is 0 Å². The molecule has 9 heteroatoms. The maximum absolute atomic E-state index is 12.4. The van der Waals surface area contributed by atoms with Crippen LogP contribution in [-0.2, 0) is 19.2 Å². The molecule has 2 N–H and O–H groups in total. The van der Waals surface area contributed by atoms with E-state index in [-0.39, 0.29) is 37.6 Å². The molecule has 0 spiro atoms. The highest BCUT2D eigenvalue weighted by molar-refractivity contribution is 6.39. The second-order valence-electron chi connectivity index (χ2n) is 4.87. The molecule has 0 aromatic heterocycles. The number of carbonyl (C=O) groups is 4. The molecule has 0 saturated carbocycles. The third-order valence-electron chi connectivity index (χ3n) is 3.41. The van der Waals surface area contributed by atoms with Crippen molar-refractivity contribution in [3.63, 3.8) is 0 Å². The highest BCUT2D eigenvalue weighted by Gasteiger charge is 2.37. The van der Waals surface area contributed by atoms with Crippen LogP contribution < -0.4 is 5.32 Å². The first-order valence-corrected chi connectivity index (χ1v) is 6.54. The lowest BCUT2D eigenvalue weighted by Crippen LogP contribution is -2.59. The Morgan fingerprint density at radius 1 is 1.38 bits per heavy atom. The van der Waals surface area contributed by atoms with Crippen molar-refractivity contribution in [2.75, 3.05) is 20.1 Å². The Bertz CT molecular complexity index is 530. The number of hydrogen-bond acceptors (Lipinski definition) is 5. The smallest absolute Gasteiger partial charge is 0.305 e. The fourth-order valence-electron chi connectivity index (χ4n) is 2.32. The van der Waals surface area contributed by atoms with E-state index in [0.29, 0.717) is 0 Å². The summed E-state index contributed by atoms with van der Waals surface area (Å²) in [5, 5.41) is 16.4. The van der Waals surface area contributed by atoms with Gasteiger partial charge in [-0.1, -0.05) is 0 Å². The minimum absolute atomic E-state index is 0.169. The largest absolute Gasteiger partial charge is 0.481 e. The molecule has 0 radical (unpaired) electrons. The minimum Gasteiger partial charge on any atom is -0.481 e. The molecule has 1 fully saturated rings. The van der Waals surface area contributed by atoms with Crippen molar-refractivity contribution >= 4 is 29.4 Å². The summed E-state index contributed by atoms with van der Waals surface area (Å²) in [6.07, 6.45) is -0.0930. The quantitative estimate of drug-likeness (QED) is 0.650. The van der Waals surface area contributed by atoms with Crippen LogP contribution in [-0.4, -0.2) is 70.6 Å². The normalized spacial score (nSPS) is 22.7. The van der Waals surface area contributed by atoms with Gasteiger partial charge in [0.15, 0.2) is 0 Å². The Hall–Kier alpha value is -2.45. The van der Waals surface area contributed by atoms with E-state index in [9.17, 15) is 19.2 Å². The predicted octanol–water partition coefficient (Wildman–Crippen LogP) is -1.60. The Morgan fingerprint density at radius 3 is 2.71 bits per heavy atom. The van der Waals surface area contributed by atoms with Crippen LogP contribution in [0.2, 0.25) is 0 Å². The molecular weight excluding hydrogens is 280 g/mol. The van der Waals surface area contributed by atoms with E-state index in [0.717, 1.165) is 5.01 Å². The van der Waals surface area contributed by atoms with Gasteiger partial charge in [0.25, 0.3) is 5.91 Å². The molecule has 0 bridgehead atoms. The van der Waals surface area contributed by atoms with Crippen LogP contribution in [0.15, 0.2) is 5.10 Å². The van der Waals surface area contributed by atoms with Crippen LogP contribution in [0.5, 0.6) is 0 Å². The Labute approximate surface area is 120 Å². The topological polar surface area (TPSA) is 119 Å². The number of nitrogens with zero attached hydrogens (tertiary/aromatic N) is 3. The Kier molecular flexibility index (Phi) is 4.20. The van der Waals surface area contributed by atoms with Gasteiger partial charge in [-0.2, -0.15) is 5.10 Å². The molecule has 2 rings (SSSR count). The van der Waals surface area contributed by atoms with Gasteiger partial charge < -0.3 is 15.3 Å². The Morgan fingerprint density at radius 2 is 2.10 bits per heavy atom. The summed E-state index contributed by atoms with van der Waals surface area (Å²) in [6.45, 7) is 0.488. The fraction of sp³-hybridized carbons (Fsp3) is 0.583. The maximum Gasteiger partial charge on any atom is 0.305 e. The van der Waals surface area contributed by atoms with E-state index in [1.165, 1.54) is 11.9 Å². The number of hydrazone groups is 1. The number of aliphatic carboxylic acids is 1. The van der Waals surface area contributed by atoms with Crippen LogP contribution in [0, 0.1) is 0 Å². The molecule has 2 aliphatic rings.